The summed E-state index contributed by atoms with van der Waals surface area (Å²) in [6.45, 7) is 2.49. The molecule has 2 aliphatic heterocycles. The molecule has 1 aromatic carbocycles. The Morgan fingerprint density at radius 1 is 1.05 bits per heavy atom. The number of carbonyl (C=O) groups is 1. The number of β-amino-alcohol motifs (C(OH)–C–C–N with tert-alkyl or cyclic N) is 1. The number of anilines is 2. The summed E-state index contributed by atoms with van der Waals surface area (Å²) >= 11 is 0. The van der Waals surface area contributed by atoms with E-state index in [1.165, 1.54) is 12.3 Å². The number of hydrogen-bond acceptors (Lipinski definition) is 7. The Labute approximate surface area is 213 Å². The van der Waals surface area contributed by atoms with Crippen molar-refractivity contribution in [1.29, 1.82) is 0 Å². The fourth-order valence-corrected chi connectivity index (χ4v) is 5.20. The molecule has 5 heterocycles. The predicted octanol–water partition coefficient (Wildman–Crippen LogP) is 3.11. The lowest BCUT2D eigenvalue weighted by Gasteiger charge is -2.26. The summed E-state index contributed by atoms with van der Waals surface area (Å²) < 4.78 is 15.4. The van der Waals surface area contributed by atoms with Gasteiger partial charge in [-0.25, -0.2) is 18.9 Å². The van der Waals surface area contributed by atoms with Crippen molar-refractivity contribution in [1.82, 2.24) is 24.9 Å². The molecule has 3 aromatic heterocycles. The van der Waals surface area contributed by atoms with Crippen LogP contribution in [0.25, 0.3) is 5.65 Å². The zero-order chi connectivity index (χ0) is 25.4. The van der Waals surface area contributed by atoms with Crippen molar-refractivity contribution in [2.24, 2.45) is 0 Å². The number of carbonyl (C=O) groups excluding carboxylic acids is 1. The number of nitrogens with one attached hydrogen (secondary N) is 1. The summed E-state index contributed by atoms with van der Waals surface area (Å²) in [7, 11) is 0. The molecule has 0 saturated carbocycles. The molecule has 0 spiro atoms. The Hall–Kier alpha value is -4.05. The molecular weight excluding hydrogens is 473 g/mol. The van der Waals surface area contributed by atoms with Gasteiger partial charge in [0.05, 0.1) is 18.3 Å². The third-order valence-electron chi connectivity index (χ3n) is 7.11. The number of rotatable bonds is 6. The number of imidazole rings is 1. The van der Waals surface area contributed by atoms with Gasteiger partial charge in [0.2, 0.25) is 0 Å². The maximum atomic E-state index is 13.9. The van der Waals surface area contributed by atoms with Gasteiger partial charge in [-0.05, 0) is 60.7 Å². The predicted molar refractivity (Wildman–Crippen MR) is 137 cm³/mol. The van der Waals surface area contributed by atoms with Gasteiger partial charge in [0.25, 0.3) is 5.91 Å². The van der Waals surface area contributed by atoms with Crippen LogP contribution in [-0.4, -0.2) is 56.3 Å². The molecule has 4 aromatic rings. The van der Waals surface area contributed by atoms with E-state index in [1.54, 1.807) is 22.8 Å². The minimum atomic E-state index is -0.307. The van der Waals surface area contributed by atoms with E-state index in [9.17, 15) is 14.3 Å². The second-order valence-electron chi connectivity index (χ2n) is 9.61. The van der Waals surface area contributed by atoms with Crippen LogP contribution < -0.4 is 15.1 Å². The molecule has 37 heavy (non-hydrogen) atoms. The average molecular weight is 502 g/mol. The van der Waals surface area contributed by atoms with E-state index in [0.29, 0.717) is 24.4 Å². The van der Waals surface area contributed by atoms with Crippen LogP contribution in [0, 0.1) is 5.82 Å². The van der Waals surface area contributed by atoms with Gasteiger partial charge in [-0.1, -0.05) is 18.2 Å². The highest BCUT2D eigenvalue weighted by molar-refractivity contribution is 5.93. The monoisotopic (exact) mass is 501 g/mol. The summed E-state index contributed by atoms with van der Waals surface area (Å²) in [4.78, 5) is 26.1. The Morgan fingerprint density at radius 3 is 2.73 bits per heavy atom. The number of nitrogens with zero attached hydrogens (tertiary/aromatic N) is 6. The first-order valence-electron chi connectivity index (χ1n) is 12.6. The lowest BCUT2D eigenvalue weighted by atomic mass is 10.0. The first-order valence-corrected chi connectivity index (χ1v) is 12.6. The van der Waals surface area contributed by atoms with Gasteiger partial charge in [0, 0.05) is 32.4 Å². The first-order chi connectivity index (χ1) is 18.0. The SMILES string of the molecule is O=C(NCc1ccc(N2CCC(O)C2)nc1)c1cnc2ccc(N3CCCC3c3cccc(F)c3)nn12. The number of fused-ring (bicyclic) bond motifs is 1. The molecule has 6 rings (SSSR count). The Morgan fingerprint density at radius 2 is 1.95 bits per heavy atom. The fraction of sp³-hybridized carbons (Fsp3) is 0.333. The lowest BCUT2D eigenvalue weighted by molar-refractivity contribution is 0.0944. The highest BCUT2D eigenvalue weighted by Gasteiger charge is 2.28. The van der Waals surface area contributed by atoms with Gasteiger partial charge in [-0.15, -0.1) is 5.10 Å². The van der Waals surface area contributed by atoms with E-state index >= 15 is 0 Å². The van der Waals surface area contributed by atoms with Crippen LogP contribution in [0.5, 0.6) is 0 Å². The Balaban J connectivity index is 1.17. The maximum Gasteiger partial charge on any atom is 0.271 e. The standard InChI is InChI=1S/C27H28FN7O2/c28-20-4-1-3-19(13-20)22-5-2-11-34(22)26-9-8-25-30-16-23(35(25)32-26)27(37)31-15-18-6-7-24(29-14-18)33-12-10-21(36)17-33/h1,3-4,6-9,13-14,16,21-22,36H,2,5,10-12,15,17H2,(H,31,37). The van der Waals surface area contributed by atoms with Crippen molar-refractivity contribution in [2.45, 2.75) is 38.0 Å². The van der Waals surface area contributed by atoms with E-state index in [2.05, 4.69) is 20.2 Å². The summed E-state index contributed by atoms with van der Waals surface area (Å²) in [6, 6.07) is 14.3. The number of hydrogen-bond donors (Lipinski definition) is 2. The number of amides is 1. The molecule has 1 amide bonds. The average Bonchev–Trinajstić information content (AvgIpc) is 3.67. The number of halogens is 1. The van der Waals surface area contributed by atoms with Crippen LogP contribution in [0.2, 0.25) is 0 Å². The number of aromatic nitrogens is 4. The molecular formula is C27H28FN7O2. The molecule has 0 radical (unpaired) electrons. The van der Waals surface area contributed by atoms with Crippen molar-refractivity contribution in [3.63, 3.8) is 0 Å². The quantitative estimate of drug-likeness (QED) is 0.419. The second kappa shape index (κ2) is 9.78. The van der Waals surface area contributed by atoms with Crippen LogP contribution in [0.15, 0.2) is 60.9 Å². The Bertz CT molecular complexity index is 1420. The van der Waals surface area contributed by atoms with Crippen molar-refractivity contribution < 1.29 is 14.3 Å². The van der Waals surface area contributed by atoms with Crippen molar-refractivity contribution >= 4 is 23.2 Å². The van der Waals surface area contributed by atoms with Gasteiger partial charge in [-0.3, -0.25) is 4.79 Å². The van der Waals surface area contributed by atoms with Crippen LogP contribution in [0.1, 0.15) is 46.9 Å². The lowest BCUT2D eigenvalue weighted by Crippen LogP contribution is -2.27. The summed E-state index contributed by atoms with van der Waals surface area (Å²) in [5, 5.41) is 17.4. The van der Waals surface area contributed by atoms with Crippen LogP contribution in [0.4, 0.5) is 16.0 Å². The minimum absolute atomic E-state index is 0.0285. The molecule has 2 unspecified atom stereocenters. The largest absolute Gasteiger partial charge is 0.391 e. The van der Waals surface area contributed by atoms with Gasteiger partial charge in [-0.2, -0.15) is 0 Å². The van der Waals surface area contributed by atoms with Gasteiger partial charge in [0.15, 0.2) is 11.3 Å². The van der Waals surface area contributed by atoms with E-state index < -0.39 is 0 Å². The highest BCUT2D eigenvalue weighted by atomic mass is 19.1. The first kappa shape index (κ1) is 23.4. The van der Waals surface area contributed by atoms with Crippen molar-refractivity contribution in [3.8, 4) is 0 Å². The highest BCUT2D eigenvalue weighted by Crippen LogP contribution is 2.35. The molecule has 2 fully saturated rings. The van der Waals surface area contributed by atoms with E-state index in [-0.39, 0.29) is 23.9 Å². The molecule has 2 atom stereocenters. The molecule has 9 nitrogen and oxygen atoms in total. The van der Waals surface area contributed by atoms with Gasteiger partial charge >= 0.3 is 0 Å². The summed E-state index contributed by atoms with van der Waals surface area (Å²) in [5.74, 6) is 1.01. The van der Waals surface area contributed by atoms with E-state index in [0.717, 1.165) is 55.1 Å². The zero-order valence-electron chi connectivity index (χ0n) is 20.3. The smallest absolute Gasteiger partial charge is 0.271 e. The second-order valence-corrected chi connectivity index (χ2v) is 9.61. The van der Waals surface area contributed by atoms with Crippen molar-refractivity contribution in [2.75, 3.05) is 29.4 Å². The molecule has 190 valence electrons. The Kier molecular flexibility index (Phi) is 6.17. The van der Waals surface area contributed by atoms with E-state index in [1.807, 2.05) is 35.2 Å². The number of aliphatic hydroxyl groups excluding tert-OH is 1. The van der Waals surface area contributed by atoms with Gasteiger partial charge in [0.1, 0.15) is 17.5 Å². The number of aliphatic hydroxyl groups is 1. The van der Waals surface area contributed by atoms with Crippen LogP contribution >= 0.6 is 0 Å². The minimum Gasteiger partial charge on any atom is -0.391 e. The third kappa shape index (κ3) is 4.72. The molecule has 2 saturated heterocycles. The fourth-order valence-electron chi connectivity index (χ4n) is 5.20. The topological polar surface area (TPSA) is 98.9 Å². The molecule has 2 aliphatic rings. The van der Waals surface area contributed by atoms with Crippen LogP contribution in [-0.2, 0) is 6.54 Å². The molecule has 0 bridgehead atoms. The molecule has 10 heteroatoms. The third-order valence-corrected chi connectivity index (χ3v) is 7.11. The summed E-state index contributed by atoms with van der Waals surface area (Å²) in [5.41, 5.74) is 2.71. The normalized spacial score (nSPS) is 19.6. The maximum absolute atomic E-state index is 13.9. The molecule has 2 N–H and O–H groups in total. The summed E-state index contributed by atoms with van der Waals surface area (Å²) in [6.07, 6.45) is 5.59. The van der Waals surface area contributed by atoms with Gasteiger partial charge < -0.3 is 20.2 Å². The molecule has 0 aliphatic carbocycles. The number of pyridine rings is 1. The van der Waals surface area contributed by atoms with Crippen LogP contribution in [0.3, 0.4) is 0 Å². The van der Waals surface area contributed by atoms with Crippen molar-refractivity contribution in [3.05, 3.63) is 83.6 Å². The zero-order valence-corrected chi connectivity index (χ0v) is 20.3. The number of benzene rings is 1. The van der Waals surface area contributed by atoms with E-state index in [4.69, 9.17) is 5.10 Å².